The zero-order valence-electron chi connectivity index (χ0n) is 13.6. The van der Waals surface area contributed by atoms with Gasteiger partial charge in [-0.2, -0.15) is 0 Å². The summed E-state index contributed by atoms with van der Waals surface area (Å²) in [6.07, 6.45) is 3.99. The zero-order valence-corrected chi connectivity index (χ0v) is 13.6. The molecule has 6 heteroatoms. The van der Waals surface area contributed by atoms with Crippen molar-refractivity contribution in [2.75, 3.05) is 27.7 Å². The van der Waals surface area contributed by atoms with Crippen molar-refractivity contribution >= 4 is 0 Å². The van der Waals surface area contributed by atoms with Gasteiger partial charge in [0.1, 0.15) is 0 Å². The molecule has 122 valence electrons. The van der Waals surface area contributed by atoms with E-state index in [1.807, 2.05) is 0 Å². The van der Waals surface area contributed by atoms with Gasteiger partial charge in [-0.05, 0) is 44.5 Å². The molecular weight excluding hydrogens is 280 g/mol. The number of hydrogen-bond acceptors (Lipinski definition) is 5. The van der Waals surface area contributed by atoms with Crippen LogP contribution in [0.5, 0.6) is 0 Å². The van der Waals surface area contributed by atoms with Gasteiger partial charge in [-0.15, -0.1) is 0 Å². The van der Waals surface area contributed by atoms with E-state index in [0.29, 0.717) is 5.82 Å². The van der Waals surface area contributed by atoms with Crippen LogP contribution >= 0.6 is 0 Å². The van der Waals surface area contributed by atoms with Crippen LogP contribution in [0.1, 0.15) is 24.0 Å². The number of hydrogen-bond donors (Lipinski definition) is 2. The maximum Gasteiger partial charge on any atom is 0.274 e. The van der Waals surface area contributed by atoms with E-state index in [1.54, 1.807) is 7.05 Å². The van der Waals surface area contributed by atoms with E-state index in [0.717, 1.165) is 38.6 Å². The van der Waals surface area contributed by atoms with Gasteiger partial charge < -0.3 is 15.5 Å². The smallest absolute Gasteiger partial charge is 0.274 e. The van der Waals surface area contributed by atoms with Gasteiger partial charge in [-0.1, -0.05) is 24.3 Å². The number of aryl methyl sites for hydroxylation is 1. The Morgan fingerprint density at radius 3 is 2.68 bits per heavy atom. The average molecular weight is 306 g/mol. The molecule has 0 radical (unpaired) electrons. The lowest BCUT2D eigenvalue weighted by Crippen LogP contribution is -2.25. The third kappa shape index (κ3) is 7.64. The fourth-order valence-corrected chi connectivity index (χ4v) is 2.23. The summed E-state index contributed by atoms with van der Waals surface area (Å²) < 4.78 is 0. The molecule has 0 bridgehead atoms. The molecule has 0 aromatic heterocycles. The number of unbranched alkanes of at least 4 members (excludes halogenated alkanes) is 1. The highest BCUT2D eigenvalue weighted by molar-refractivity contribution is 5.23. The SMILES string of the molecule is CN/C(=C/[N+](=O)[O-])NCCCCc1cccc(CN(C)C)c1. The van der Waals surface area contributed by atoms with Crippen LogP contribution < -0.4 is 10.6 Å². The highest BCUT2D eigenvalue weighted by atomic mass is 16.6. The zero-order chi connectivity index (χ0) is 16.4. The summed E-state index contributed by atoms with van der Waals surface area (Å²) in [4.78, 5) is 12.1. The minimum absolute atomic E-state index is 0.443. The minimum atomic E-state index is -0.463. The first-order valence-corrected chi connectivity index (χ1v) is 7.50. The van der Waals surface area contributed by atoms with Crippen molar-refractivity contribution in [1.82, 2.24) is 15.5 Å². The molecule has 0 unspecified atom stereocenters. The topological polar surface area (TPSA) is 70.4 Å². The van der Waals surface area contributed by atoms with Crippen LogP contribution in [0.2, 0.25) is 0 Å². The highest BCUT2D eigenvalue weighted by Crippen LogP contribution is 2.10. The molecule has 6 nitrogen and oxygen atoms in total. The van der Waals surface area contributed by atoms with Crippen molar-refractivity contribution in [3.63, 3.8) is 0 Å². The van der Waals surface area contributed by atoms with Crippen molar-refractivity contribution < 1.29 is 4.92 Å². The van der Waals surface area contributed by atoms with Gasteiger partial charge >= 0.3 is 0 Å². The van der Waals surface area contributed by atoms with Crippen molar-refractivity contribution in [2.45, 2.75) is 25.8 Å². The summed E-state index contributed by atoms with van der Waals surface area (Å²) in [6, 6.07) is 8.65. The molecule has 2 N–H and O–H groups in total. The molecule has 1 aromatic carbocycles. The van der Waals surface area contributed by atoms with Gasteiger partial charge in [0.2, 0.25) is 0 Å². The van der Waals surface area contributed by atoms with E-state index in [4.69, 9.17) is 0 Å². The normalized spacial score (nSPS) is 11.5. The Labute approximate surface area is 132 Å². The molecule has 0 aliphatic heterocycles. The van der Waals surface area contributed by atoms with E-state index >= 15 is 0 Å². The van der Waals surface area contributed by atoms with E-state index in [2.05, 4.69) is 53.9 Å². The van der Waals surface area contributed by atoms with Crippen LogP contribution in [0, 0.1) is 10.1 Å². The third-order valence-corrected chi connectivity index (χ3v) is 3.20. The van der Waals surface area contributed by atoms with Crippen LogP contribution in [0.4, 0.5) is 0 Å². The molecule has 0 aliphatic carbocycles. The first-order valence-electron chi connectivity index (χ1n) is 7.50. The summed E-state index contributed by atoms with van der Waals surface area (Å²) in [6.45, 7) is 1.67. The van der Waals surface area contributed by atoms with Crippen molar-refractivity contribution in [3.8, 4) is 0 Å². The Balaban J connectivity index is 2.31. The maximum absolute atomic E-state index is 10.4. The summed E-state index contributed by atoms with van der Waals surface area (Å²) >= 11 is 0. The van der Waals surface area contributed by atoms with Crippen molar-refractivity contribution in [1.29, 1.82) is 0 Å². The second-order valence-electron chi connectivity index (χ2n) is 5.52. The van der Waals surface area contributed by atoms with Crippen LogP contribution in [-0.4, -0.2) is 37.5 Å². The van der Waals surface area contributed by atoms with E-state index in [1.165, 1.54) is 11.1 Å². The van der Waals surface area contributed by atoms with Crippen LogP contribution in [-0.2, 0) is 13.0 Å². The molecule has 0 aliphatic rings. The summed E-state index contributed by atoms with van der Waals surface area (Å²) in [7, 11) is 5.80. The van der Waals surface area contributed by atoms with Gasteiger partial charge in [-0.25, -0.2) is 0 Å². The number of benzene rings is 1. The predicted octanol–water partition coefficient (Wildman–Crippen LogP) is 1.96. The first-order chi connectivity index (χ1) is 10.5. The molecule has 0 heterocycles. The summed E-state index contributed by atoms with van der Waals surface area (Å²) in [5, 5.41) is 16.2. The molecule has 0 amide bonds. The molecule has 0 fully saturated rings. The lowest BCUT2D eigenvalue weighted by molar-refractivity contribution is -0.404. The molecule has 1 aromatic rings. The monoisotopic (exact) mass is 306 g/mol. The lowest BCUT2D eigenvalue weighted by Gasteiger charge is -2.11. The Morgan fingerprint density at radius 1 is 1.32 bits per heavy atom. The molecule has 1 rings (SSSR count). The molecule has 0 atom stereocenters. The van der Waals surface area contributed by atoms with Gasteiger partial charge in [0.15, 0.2) is 5.82 Å². The van der Waals surface area contributed by atoms with E-state index in [9.17, 15) is 10.1 Å². The lowest BCUT2D eigenvalue weighted by atomic mass is 10.0. The standard InChI is InChI=1S/C16H26N4O2/c1-17-16(13-20(21)22)18-10-5-4-7-14-8-6-9-15(11-14)12-19(2)3/h6,8-9,11,13,17-18H,4-5,7,10,12H2,1-3H3/b16-13-. The Hall–Kier alpha value is -2.08. The summed E-state index contributed by atoms with van der Waals surface area (Å²) in [5.41, 5.74) is 2.67. The Morgan fingerprint density at radius 2 is 2.05 bits per heavy atom. The number of rotatable bonds is 10. The Kier molecular flexibility index (Phi) is 7.99. The van der Waals surface area contributed by atoms with E-state index < -0.39 is 4.92 Å². The van der Waals surface area contributed by atoms with Gasteiger partial charge in [0.05, 0.1) is 4.92 Å². The molecule has 0 saturated heterocycles. The van der Waals surface area contributed by atoms with E-state index in [-0.39, 0.29) is 0 Å². The number of nitro groups is 1. The predicted molar refractivity (Wildman–Crippen MR) is 88.9 cm³/mol. The fraction of sp³-hybridized carbons (Fsp3) is 0.500. The molecular formula is C16H26N4O2. The van der Waals surface area contributed by atoms with Crippen molar-refractivity contribution in [2.24, 2.45) is 0 Å². The molecule has 0 saturated carbocycles. The highest BCUT2D eigenvalue weighted by Gasteiger charge is 2.00. The third-order valence-electron chi connectivity index (χ3n) is 3.20. The van der Waals surface area contributed by atoms with Crippen LogP contribution in [0.3, 0.4) is 0 Å². The minimum Gasteiger partial charge on any atom is -0.370 e. The van der Waals surface area contributed by atoms with Gasteiger partial charge in [-0.3, -0.25) is 10.1 Å². The quantitative estimate of drug-likeness (QED) is 0.393. The van der Waals surface area contributed by atoms with Crippen LogP contribution in [0.15, 0.2) is 36.3 Å². The average Bonchev–Trinajstić information content (AvgIpc) is 2.45. The van der Waals surface area contributed by atoms with Crippen LogP contribution in [0.25, 0.3) is 0 Å². The Bertz CT molecular complexity index is 501. The maximum atomic E-state index is 10.4. The molecule has 0 spiro atoms. The fourth-order valence-electron chi connectivity index (χ4n) is 2.23. The van der Waals surface area contributed by atoms with Gasteiger partial charge in [0, 0.05) is 20.1 Å². The first kappa shape index (κ1) is 18.0. The number of nitrogens with one attached hydrogen (secondary N) is 2. The molecule has 22 heavy (non-hydrogen) atoms. The second-order valence-corrected chi connectivity index (χ2v) is 5.52. The van der Waals surface area contributed by atoms with Gasteiger partial charge in [0.25, 0.3) is 6.20 Å². The largest absolute Gasteiger partial charge is 0.370 e. The summed E-state index contributed by atoms with van der Waals surface area (Å²) in [5.74, 6) is 0.443. The van der Waals surface area contributed by atoms with Crippen molar-refractivity contribution in [3.05, 3.63) is 57.5 Å². The number of nitrogens with zero attached hydrogens (tertiary/aromatic N) is 2. The second kappa shape index (κ2) is 9.78.